The van der Waals surface area contributed by atoms with Crippen molar-refractivity contribution >= 4 is 17.1 Å². The van der Waals surface area contributed by atoms with Gasteiger partial charge in [0.15, 0.2) is 0 Å². The summed E-state index contributed by atoms with van der Waals surface area (Å²) in [6.07, 6.45) is 0. The third-order valence-electron chi connectivity index (χ3n) is 12.6. The minimum absolute atomic E-state index is 0.505. The standard InChI is InChI=1S/C61H43N/c1-6-19-44(20-7-1)46-33-38-52(39-34-46)62(53-40-35-48(36-41-53)56-43-49(45-21-8-2-9-22-45)37-42-54(56)47-23-10-3-11-24-47)59-32-18-31-58-60(59)55-29-16-17-30-57(55)61(58,50-25-12-4-13-26-50)51-27-14-5-15-28-51/h1-43H. The smallest absolute Gasteiger partial charge is 0.0714 e. The van der Waals surface area contributed by atoms with Crippen LogP contribution in [0.5, 0.6) is 0 Å². The summed E-state index contributed by atoms with van der Waals surface area (Å²) < 4.78 is 0. The molecule has 0 aromatic heterocycles. The molecule has 0 saturated carbocycles. The van der Waals surface area contributed by atoms with Crippen molar-refractivity contribution in [3.63, 3.8) is 0 Å². The minimum Gasteiger partial charge on any atom is -0.310 e. The summed E-state index contributed by atoms with van der Waals surface area (Å²) >= 11 is 0. The molecule has 0 fully saturated rings. The van der Waals surface area contributed by atoms with Crippen molar-refractivity contribution in [3.05, 3.63) is 283 Å². The predicted molar refractivity (Wildman–Crippen MR) is 260 cm³/mol. The van der Waals surface area contributed by atoms with Crippen LogP contribution in [0.15, 0.2) is 261 Å². The molecule has 0 amide bonds. The van der Waals surface area contributed by atoms with Gasteiger partial charge in [-0.3, -0.25) is 0 Å². The highest BCUT2D eigenvalue weighted by atomic mass is 15.1. The Morgan fingerprint density at radius 1 is 0.258 bits per heavy atom. The number of hydrogen-bond acceptors (Lipinski definition) is 1. The van der Waals surface area contributed by atoms with Gasteiger partial charge in [0.25, 0.3) is 0 Å². The van der Waals surface area contributed by atoms with Crippen LogP contribution >= 0.6 is 0 Å². The van der Waals surface area contributed by atoms with Gasteiger partial charge >= 0.3 is 0 Å². The Morgan fingerprint density at radius 3 is 1.26 bits per heavy atom. The average molecular weight is 790 g/mol. The second-order valence-corrected chi connectivity index (χ2v) is 16.0. The molecule has 0 bridgehead atoms. The van der Waals surface area contributed by atoms with Crippen LogP contribution in [0.2, 0.25) is 0 Å². The van der Waals surface area contributed by atoms with E-state index in [-0.39, 0.29) is 0 Å². The molecule has 1 nitrogen and oxygen atoms in total. The zero-order valence-electron chi connectivity index (χ0n) is 34.3. The molecule has 0 N–H and O–H groups in total. The molecule has 10 aromatic rings. The molecule has 1 heteroatoms. The maximum absolute atomic E-state index is 2.46. The van der Waals surface area contributed by atoms with Gasteiger partial charge in [0.05, 0.1) is 11.1 Å². The number of fused-ring (bicyclic) bond motifs is 3. The first-order chi connectivity index (χ1) is 30.8. The fraction of sp³-hybridized carbons (Fsp3) is 0.0164. The molecular weight excluding hydrogens is 747 g/mol. The van der Waals surface area contributed by atoms with E-state index in [1.165, 1.54) is 77.9 Å². The topological polar surface area (TPSA) is 3.24 Å². The van der Waals surface area contributed by atoms with Crippen LogP contribution in [0, 0.1) is 0 Å². The van der Waals surface area contributed by atoms with Crippen molar-refractivity contribution in [1.82, 2.24) is 0 Å². The maximum atomic E-state index is 2.46. The highest BCUT2D eigenvalue weighted by molar-refractivity contribution is 5.98. The summed E-state index contributed by atoms with van der Waals surface area (Å²) in [7, 11) is 0. The number of benzene rings is 10. The lowest BCUT2D eigenvalue weighted by Gasteiger charge is -2.34. The van der Waals surface area contributed by atoms with Crippen molar-refractivity contribution < 1.29 is 0 Å². The van der Waals surface area contributed by atoms with E-state index in [1.807, 2.05) is 0 Å². The monoisotopic (exact) mass is 789 g/mol. The van der Waals surface area contributed by atoms with Crippen molar-refractivity contribution in [2.45, 2.75) is 5.41 Å². The Bertz CT molecular complexity index is 3080. The second-order valence-electron chi connectivity index (χ2n) is 16.0. The van der Waals surface area contributed by atoms with E-state index in [2.05, 4.69) is 266 Å². The van der Waals surface area contributed by atoms with Crippen LogP contribution in [-0.4, -0.2) is 0 Å². The Balaban J connectivity index is 1.12. The van der Waals surface area contributed by atoms with Crippen LogP contribution in [-0.2, 0) is 5.41 Å². The van der Waals surface area contributed by atoms with Crippen LogP contribution in [0.1, 0.15) is 22.3 Å². The van der Waals surface area contributed by atoms with Crippen LogP contribution in [0.4, 0.5) is 17.1 Å². The van der Waals surface area contributed by atoms with Gasteiger partial charge in [-0.25, -0.2) is 0 Å². The molecule has 0 aliphatic heterocycles. The number of rotatable bonds is 9. The third kappa shape index (κ3) is 6.35. The first kappa shape index (κ1) is 37.0. The van der Waals surface area contributed by atoms with E-state index in [4.69, 9.17) is 0 Å². The quantitative estimate of drug-likeness (QED) is 0.141. The van der Waals surface area contributed by atoms with E-state index in [9.17, 15) is 0 Å². The molecule has 0 unspecified atom stereocenters. The minimum atomic E-state index is -0.505. The Kier molecular flexibility index (Phi) is 9.48. The van der Waals surface area contributed by atoms with Crippen molar-refractivity contribution in [2.75, 3.05) is 4.90 Å². The number of anilines is 3. The lowest BCUT2D eigenvalue weighted by molar-refractivity contribution is 0.768. The van der Waals surface area contributed by atoms with Crippen LogP contribution < -0.4 is 4.90 Å². The Labute approximate surface area is 364 Å². The SMILES string of the molecule is c1ccc(-c2ccc(N(c3ccc(-c4cc(-c5ccccc5)ccc4-c4ccccc4)cc3)c3cccc4c3-c3ccccc3C4(c3ccccc3)c3ccccc3)cc2)cc1. The lowest BCUT2D eigenvalue weighted by Crippen LogP contribution is -2.28. The largest absolute Gasteiger partial charge is 0.310 e. The zero-order chi connectivity index (χ0) is 41.3. The third-order valence-corrected chi connectivity index (χ3v) is 12.6. The van der Waals surface area contributed by atoms with Gasteiger partial charge in [0.2, 0.25) is 0 Å². The molecule has 292 valence electrons. The first-order valence-electron chi connectivity index (χ1n) is 21.4. The zero-order valence-corrected chi connectivity index (χ0v) is 34.3. The summed E-state index contributed by atoms with van der Waals surface area (Å²) in [5, 5.41) is 0. The molecule has 62 heavy (non-hydrogen) atoms. The predicted octanol–water partition coefficient (Wildman–Crippen LogP) is 16.2. The van der Waals surface area contributed by atoms with Gasteiger partial charge in [-0.05, 0) is 109 Å². The van der Waals surface area contributed by atoms with Gasteiger partial charge < -0.3 is 4.90 Å². The molecule has 0 heterocycles. The number of nitrogens with zero attached hydrogens (tertiary/aromatic N) is 1. The molecule has 1 aliphatic carbocycles. The van der Waals surface area contributed by atoms with Gasteiger partial charge in [0, 0.05) is 16.9 Å². The first-order valence-corrected chi connectivity index (χ1v) is 21.4. The summed E-state index contributed by atoms with van der Waals surface area (Å²) in [5.41, 5.74) is 20.0. The molecule has 0 saturated heterocycles. The highest BCUT2D eigenvalue weighted by Crippen LogP contribution is 2.59. The van der Waals surface area contributed by atoms with E-state index in [0.29, 0.717) is 0 Å². The summed E-state index contributed by atoms with van der Waals surface area (Å²) in [6, 6.07) is 95.2. The molecule has 0 spiro atoms. The highest BCUT2D eigenvalue weighted by Gasteiger charge is 2.47. The van der Waals surface area contributed by atoms with Crippen molar-refractivity contribution in [2.24, 2.45) is 0 Å². The van der Waals surface area contributed by atoms with Gasteiger partial charge in [-0.15, -0.1) is 0 Å². The molecule has 0 atom stereocenters. The second kappa shape index (κ2) is 15.9. The van der Waals surface area contributed by atoms with Gasteiger partial charge in [-0.2, -0.15) is 0 Å². The van der Waals surface area contributed by atoms with E-state index in [0.717, 1.165) is 17.1 Å². The number of hydrogen-bond donors (Lipinski definition) is 0. The van der Waals surface area contributed by atoms with E-state index < -0.39 is 5.41 Å². The van der Waals surface area contributed by atoms with Crippen LogP contribution in [0.3, 0.4) is 0 Å². The van der Waals surface area contributed by atoms with Gasteiger partial charge in [-0.1, -0.05) is 224 Å². The Hall–Kier alpha value is -8.00. The fourth-order valence-electron chi connectivity index (χ4n) is 9.77. The van der Waals surface area contributed by atoms with Gasteiger partial charge in [0.1, 0.15) is 0 Å². The van der Waals surface area contributed by atoms with Crippen molar-refractivity contribution in [3.8, 4) is 55.6 Å². The maximum Gasteiger partial charge on any atom is 0.0714 e. The molecule has 10 aromatic carbocycles. The molecule has 1 aliphatic rings. The normalized spacial score (nSPS) is 12.3. The fourth-order valence-corrected chi connectivity index (χ4v) is 9.77. The Morgan fingerprint density at radius 2 is 0.677 bits per heavy atom. The average Bonchev–Trinajstić information content (AvgIpc) is 3.67. The summed E-state index contributed by atoms with van der Waals surface area (Å²) in [6.45, 7) is 0. The van der Waals surface area contributed by atoms with Crippen molar-refractivity contribution in [1.29, 1.82) is 0 Å². The van der Waals surface area contributed by atoms with E-state index in [1.54, 1.807) is 0 Å². The lowest BCUT2D eigenvalue weighted by atomic mass is 9.68. The molecule has 0 radical (unpaired) electrons. The molecular formula is C61H43N. The molecule has 11 rings (SSSR count). The van der Waals surface area contributed by atoms with Crippen LogP contribution in [0.25, 0.3) is 55.6 Å². The van der Waals surface area contributed by atoms with E-state index >= 15 is 0 Å². The summed E-state index contributed by atoms with van der Waals surface area (Å²) in [5.74, 6) is 0. The summed E-state index contributed by atoms with van der Waals surface area (Å²) in [4.78, 5) is 2.46.